The van der Waals surface area contributed by atoms with E-state index in [-0.39, 0.29) is 24.2 Å². The number of para-hydroxylation sites is 1. The molecule has 4 heteroatoms. The Labute approximate surface area is 119 Å². The Bertz CT molecular complexity index is 489. The van der Waals surface area contributed by atoms with Gasteiger partial charge in [0, 0.05) is 11.7 Å². The van der Waals surface area contributed by atoms with Crippen LogP contribution in [0.2, 0.25) is 0 Å². The summed E-state index contributed by atoms with van der Waals surface area (Å²) < 4.78 is 6.03. The Morgan fingerprint density at radius 1 is 1.15 bits per heavy atom. The molecule has 1 amide bonds. The number of nitrogens with one attached hydrogen (secondary N) is 1. The summed E-state index contributed by atoms with van der Waals surface area (Å²) in [5, 5.41) is 2.97. The number of aryl methyl sites for hydroxylation is 1. The van der Waals surface area contributed by atoms with E-state index in [0.29, 0.717) is 0 Å². The lowest BCUT2D eigenvalue weighted by molar-refractivity contribution is -0.133. The number of benzene rings is 1. The maximum absolute atomic E-state index is 12.3. The number of anilines is 1. The zero-order chi connectivity index (χ0) is 13.9. The first-order valence-electron chi connectivity index (χ1n) is 7.54. The molecule has 1 fully saturated rings. The van der Waals surface area contributed by atoms with Crippen LogP contribution in [0.25, 0.3) is 0 Å². The Balaban J connectivity index is 1.68. The molecule has 3 atom stereocenters. The van der Waals surface area contributed by atoms with Crippen molar-refractivity contribution in [1.29, 1.82) is 0 Å². The Hall–Kier alpha value is -1.39. The van der Waals surface area contributed by atoms with Crippen LogP contribution in [0, 0.1) is 0 Å². The van der Waals surface area contributed by atoms with Gasteiger partial charge in [-0.2, -0.15) is 0 Å². The molecule has 0 radical (unpaired) electrons. The van der Waals surface area contributed by atoms with Crippen molar-refractivity contribution in [2.45, 2.75) is 56.8 Å². The second-order valence-electron chi connectivity index (χ2n) is 5.80. The quantitative estimate of drug-likeness (QED) is 0.869. The second-order valence-corrected chi connectivity index (χ2v) is 5.80. The van der Waals surface area contributed by atoms with Gasteiger partial charge < -0.3 is 15.8 Å². The van der Waals surface area contributed by atoms with Crippen molar-refractivity contribution in [2.24, 2.45) is 5.73 Å². The van der Waals surface area contributed by atoms with Gasteiger partial charge in [0.2, 0.25) is 0 Å². The first kappa shape index (κ1) is 13.6. The maximum atomic E-state index is 12.3. The molecular formula is C16H22N2O2. The predicted octanol–water partition coefficient (Wildman–Crippen LogP) is 2.23. The number of carbonyl (C=O) groups excluding carboxylic acids is 1. The molecule has 3 unspecified atom stereocenters. The molecule has 3 N–H and O–H groups in total. The van der Waals surface area contributed by atoms with Gasteiger partial charge in [0.25, 0.3) is 5.91 Å². The topological polar surface area (TPSA) is 64.3 Å². The second kappa shape index (κ2) is 5.94. The molecule has 0 aromatic heterocycles. The highest BCUT2D eigenvalue weighted by atomic mass is 16.5. The Morgan fingerprint density at radius 3 is 2.80 bits per heavy atom. The minimum Gasteiger partial charge on any atom is -0.364 e. The fourth-order valence-electron chi connectivity index (χ4n) is 3.13. The normalized spacial score (nSPS) is 30.2. The highest BCUT2D eigenvalue weighted by Gasteiger charge is 2.30. The van der Waals surface area contributed by atoms with Crippen molar-refractivity contribution in [3.63, 3.8) is 0 Å². The van der Waals surface area contributed by atoms with Crippen LogP contribution >= 0.6 is 0 Å². The van der Waals surface area contributed by atoms with E-state index in [4.69, 9.17) is 10.5 Å². The van der Waals surface area contributed by atoms with Gasteiger partial charge in [0.05, 0.1) is 6.10 Å². The van der Waals surface area contributed by atoms with Crippen LogP contribution in [0.15, 0.2) is 24.3 Å². The van der Waals surface area contributed by atoms with E-state index in [1.807, 2.05) is 18.2 Å². The summed E-state index contributed by atoms with van der Waals surface area (Å²) in [6.45, 7) is 0. The lowest BCUT2D eigenvalue weighted by Gasteiger charge is -2.31. The molecule has 108 valence electrons. The number of hydrogen-bond acceptors (Lipinski definition) is 3. The minimum absolute atomic E-state index is 0.0284. The van der Waals surface area contributed by atoms with Gasteiger partial charge in [-0.15, -0.1) is 0 Å². The number of nitrogens with two attached hydrogens (primary N) is 1. The van der Waals surface area contributed by atoms with Gasteiger partial charge in [-0.05, 0) is 37.3 Å². The number of rotatable bonds is 2. The van der Waals surface area contributed by atoms with Crippen LogP contribution in [-0.2, 0) is 16.0 Å². The van der Waals surface area contributed by atoms with E-state index in [9.17, 15) is 4.79 Å². The van der Waals surface area contributed by atoms with Crippen molar-refractivity contribution >= 4 is 11.6 Å². The zero-order valence-corrected chi connectivity index (χ0v) is 11.7. The largest absolute Gasteiger partial charge is 0.364 e. The number of carbonyl (C=O) groups is 1. The average Bonchev–Trinajstić information content (AvgIpc) is 2.61. The van der Waals surface area contributed by atoms with Gasteiger partial charge in [0.1, 0.15) is 6.10 Å². The average molecular weight is 274 g/mol. The van der Waals surface area contributed by atoms with Crippen LogP contribution in [-0.4, -0.2) is 24.2 Å². The van der Waals surface area contributed by atoms with Crippen molar-refractivity contribution in [1.82, 2.24) is 0 Å². The molecule has 1 aliphatic heterocycles. The van der Waals surface area contributed by atoms with Crippen LogP contribution in [0.3, 0.4) is 0 Å². The molecule has 20 heavy (non-hydrogen) atoms. The fourth-order valence-corrected chi connectivity index (χ4v) is 3.13. The number of amides is 1. The van der Waals surface area contributed by atoms with Crippen LogP contribution in [0.4, 0.5) is 5.69 Å². The molecule has 3 rings (SSSR count). The molecule has 1 aliphatic carbocycles. The first-order chi connectivity index (χ1) is 9.74. The van der Waals surface area contributed by atoms with Gasteiger partial charge in [-0.3, -0.25) is 4.79 Å². The Kier molecular flexibility index (Phi) is 4.03. The monoisotopic (exact) mass is 274 g/mol. The lowest BCUT2D eigenvalue weighted by atomic mass is 9.93. The molecule has 1 aromatic rings. The van der Waals surface area contributed by atoms with E-state index >= 15 is 0 Å². The zero-order valence-electron chi connectivity index (χ0n) is 11.7. The van der Waals surface area contributed by atoms with Gasteiger partial charge in [-0.25, -0.2) is 0 Å². The Morgan fingerprint density at radius 2 is 1.95 bits per heavy atom. The molecule has 1 saturated carbocycles. The standard InChI is InChI=1S/C16H22N2O2/c17-12-6-2-4-8-14(12)20-15-10-9-11-5-1-3-7-13(11)18-16(15)19/h1,3,5,7,12,14-15H,2,4,6,8-10,17H2,(H,18,19). The van der Waals surface area contributed by atoms with Crippen molar-refractivity contribution in [3.05, 3.63) is 29.8 Å². The summed E-state index contributed by atoms with van der Waals surface area (Å²) in [5.41, 5.74) is 8.20. The van der Waals surface area contributed by atoms with Gasteiger partial charge in [-0.1, -0.05) is 31.0 Å². The molecular weight excluding hydrogens is 252 g/mol. The lowest BCUT2D eigenvalue weighted by Crippen LogP contribution is -2.44. The van der Waals surface area contributed by atoms with Crippen LogP contribution < -0.4 is 11.1 Å². The highest BCUT2D eigenvalue weighted by molar-refractivity contribution is 5.95. The molecule has 2 aliphatic rings. The summed E-state index contributed by atoms with van der Waals surface area (Å²) in [7, 11) is 0. The van der Waals surface area contributed by atoms with Crippen molar-refractivity contribution < 1.29 is 9.53 Å². The third-order valence-electron chi connectivity index (χ3n) is 4.34. The van der Waals surface area contributed by atoms with Crippen molar-refractivity contribution in [3.8, 4) is 0 Å². The summed E-state index contributed by atoms with van der Waals surface area (Å²) in [5.74, 6) is -0.0345. The summed E-state index contributed by atoms with van der Waals surface area (Å²) in [4.78, 5) is 12.3. The maximum Gasteiger partial charge on any atom is 0.253 e. The minimum atomic E-state index is -0.378. The highest BCUT2D eigenvalue weighted by Crippen LogP contribution is 2.26. The molecule has 0 spiro atoms. The van der Waals surface area contributed by atoms with E-state index < -0.39 is 0 Å². The number of ether oxygens (including phenoxy) is 1. The molecule has 1 heterocycles. The number of hydrogen-bond donors (Lipinski definition) is 2. The summed E-state index contributed by atoms with van der Waals surface area (Å²) >= 11 is 0. The predicted molar refractivity (Wildman–Crippen MR) is 78.5 cm³/mol. The number of fused-ring (bicyclic) bond motifs is 1. The van der Waals surface area contributed by atoms with Crippen LogP contribution in [0.5, 0.6) is 0 Å². The third kappa shape index (κ3) is 2.86. The summed E-state index contributed by atoms with van der Waals surface area (Å²) in [6.07, 6.45) is 5.53. The summed E-state index contributed by atoms with van der Waals surface area (Å²) in [6, 6.07) is 8.02. The molecule has 0 saturated heterocycles. The van der Waals surface area contributed by atoms with E-state index in [1.165, 1.54) is 12.0 Å². The molecule has 1 aromatic carbocycles. The first-order valence-corrected chi connectivity index (χ1v) is 7.54. The van der Waals surface area contributed by atoms with E-state index in [0.717, 1.165) is 37.8 Å². The van der Waals surface area contributed by atoms with Gasteiger partial charge >= 0.3 is 0 Å². The fraction of sp³-hybridized carbons (Fsp3) is 0.562. The van der Waals surface area contributed by atoms with E-state index in [1.54, 1.807) is 0 Å². The van der Waals surface area contributed by atoms with E-state index in [2.05, 4.69) is 11.4 Å². The third-order valence-corrected chi connectivity index (χ3v) is 4.34. The molecule has 4 nitrogen and oxygen atoms in total. The smallest absolute Gasteiger partial charge is 0.253 e. The van der Waals surface area contributed by atoms with Gasteiger partial charge in [0.15, 0.2) is 0 Å². The SMILES string of the molecule is NC1CCCCC1OC1CCc2ccccc2NC1=O. The van der Waals surface area contributed by atoms with Crippen molar-refractivity contribution in [2.75, 3.05) is 5.32 Å². The molecule has 0 bridgehead atoms. The van der Waals surface area contributed by atoms with Crippen LogP contribution in [0.1, 0.15) is 37.7 Å².